The van der Waals surface area contributed by atoms with Gasteiger partial charge in [-0.3, -0.25) is 4.57 Å². The summed E-state index contributed by atoms with van der Waals surface area (Å²) in [6.07, 6.45) is -0.929. The maximum Gasteiger partial charge on any atom is 0.506 e. The quantitative estimate of drug-likeness (QED) is 0.627. The van der Waals surface area contributed by atoms with Gasteiger partial charge in [-0.2, -0.15) is 0 Å². The first-order valence-corrected chi connectivity index (χ1v) is 7.08. The number of benzene rings is 1. The van der Waals surface area contributed by atoms with Gasteiger partial charge in [0.15, 0.2) is 0 Å². The largest absolute Gasteiger partial charge is 0.506 e. The summed E-state index contributed by atoms with van der Waals surface area (Å²) >= 11 is 0. The third kappa shape index (κ3) is 3.41. The van der Waals surface area contributed by atoms with E-state index in [0.717, 1.165) is 23.8 Å². The molecule has 7 nitrogen and oxygen atoms in total. The third-order valence-electron chi connectivity index (χ3n) is 3.16. The van der Waals surface area contributed by atoms with Crippen LogP contribution in [0, 0.1) is 5.82 Å². The molecule has 1 heterocycles. The van der Waals surface area contributed by atoms with E-state index in [2.05, 4.69) is 4.74 Å². The molecular weight excluding hydrogens is 320 g/mol. The highest BCUT2D eigenvalue weighted by molar-refractivity contribution is 6.59. The predicted octanol–water partition coefficient (Wildman–Crippen LogP) is 1.03. The van der Waals surface area contributed by atoms with Gasteiger partial charge in [0.05, 0.1) is 23.8 Å². The SMILES string of the molecule is COC(=O)c1cc(F)cc2c1cc(B(O)O)n2C(=O)OC(C)(C)C. The Kier molecular flexibility index (Phi) is 4.68. The van der Waals surface area contributed by atoms with Crippen LogP contribution in [-0.2, 0) is 9.47 Å². The molecule has 0 bridgehead atoms. The van der Waals surface area contributed by atoms with Crippen molar-refractivity contribution >= 4 is 35.7 Å². The summed E-state index contributed by atoms with van der Waals surface area (Å²) in [7, 11) is -0.898. The van der Waals surface area contributed by atoms with Crippen LogP contribution < -0.4 is 5.59 Å². The second-order valence-corrected chi connectivity index (χ2v) is 6.14. The maximum atomic E-state index is 13.9. The lowest BCUT2D eigenvalue weighted by atomic mass is 9.86. The average molecular weight is 337 g/mol. The molecule has 0 atom stereocenters. The Bertz CT molecular complexity index is 808. The minimum Gasteiger partial charge on any atom is -0.465 e. The lowest BCUT2D eigenvalue weighted by molar-refractivity contribution is 0.0545. The summed E-state index contributed by atoms with van der Waals surface area (Å²) in [5.41, 5.74) is -1.29. The molecule has 0 spiro atoms. The molecule has 2 N–H and O–H groups in total. The maximum absolute atomic E-state index is 13.9. The van der Waals surface area contributed by atoms with Crippen molar-refractivity contribution in [1.82, 2.24) is 4.57 Å². The fraction of sp³-hybridized carbons (Fsp3) is 0.333. The van der Waals surface area contributed by atoms with E-state index < -0.39 is 30.6 Å². The van der Waals surface area contributed by atoms with Crippen LogP contribution in [0.5, 0.6) is 0 Å². The summed E-state index contributed by atoms with van der Waals surface area (Å²) < 4.78 is 24.5. The van der Waals surface area contributed by atoms with Gasteiger partial charge in [-0.05, 0) is 39.0 Å². The first kappa shape index (κ1) is 18.0. The summed E-state index contributed by atoms with van der Waals surface area (Å²) in [5, 5.41) is 19.2. The van der Waals surface area contributed by atoms with Crippen LogP contribution in [0.15, 0.2) is 18.2 Å². The van der Waals surface area contributed by atoms with Crippen LogP contribution in [0.2, 0.25) is 0 Å². The Labute approximate surface area is 137 Å². The second-order valence-electron chi connectivity index (χ2n) is 6.14. The van der Waals surface area contributed by atoms with Gasteiger partial charge in [0.1, 0.15) is 11.4 Å². The number of carbonyl (C=O) groups excluding carboxylic acids is 2. The van der Waals surface area contributed by atoms with E-state index in [1.54, 1.807) is 20.8 Å². The van der Waals surface area contributed by atoms with Crippen LogP contribution in [-0.4, -0.2) is 46.5 Å². The number of methoxy groups -OCH3 is 1. The highest BCUT2D eigenvalue weighted by Gasteiger charge is 2.29. The molecule has 0 saturated heterocycles. The van der Waals surface area contributed by atoms with E-state index in [4.69, 9.17) is 4.74 Å². The van der Waals surface area contributed by atoms with Crippen molar-refractivity contribution in [3.05, 3.63) is 29.6 Å². The second kappa shape index (κ2) is 6.25. The fourth-order valence-corrected chi connectivity index (χ4v) is 2.27. The zero-order chi connectivity index (χ0) is 18.2. The molecular formula is C15H17BFNO6. The van der Waals surface area contributed by atoms with Gasteiger partial charge < -0.3 is 19.5 Å². The van der Waals surface area contributed by atoms with Gasteiger partial charge in [0.25, 0.3) is 0 Å². The van der Waals surface area contributed by atoms with Gasteiger partial charge in [0, 0.05) is 5.39 Å². The lowest BCUT2D eigenvalue weighted by Gasteiger charge is -2.21. The summed E-state index contributed by atoms with van der Waals surface area (Å²) in [6, 6.07) is 3.15. The van der Waals surface area contributed by atoms with Crippen molar-refractivity contribution < 1.29 is 33.5 Å². The molecule has 0 amide bonds. The van der Waals surface area contributed by atoms with Crippen LogP contribution >= 0.6 is 0 Å². The molecule has 0 radical (unpaired) electrons. The van der Waals surface area contributed by atoms with Crippen LogP contribution in [0.1, 0.15) is 31.1 Å². The number of carbonyl (C=O) groups is 2. The minimum atomic E-state index is -2.03. The monoisotopic (exact) mass is 337 g/mol. The number of aromatic nitrogens is 1. The van der Waals surface area contributed by atoms with E-state index in [9.17, 15) is 24.0 Å². The number of halogens is 1. The Hall–Kier alpha value is -2.39. The van der Waals surface area contributed by atoms with E-state index in [-0.39, 0.29) is 22.1 Å². The average Bonchev–Trinajstić information content (AvgIpc) is 2.83. The molecule has 24 heavy (non-hydrogen) atoms. The van der Waals surface area contributed by atoms with E-state index in [0.29, 0.717) is 0 Å². The Morgan fingerprint density at radius 3 is 2.33 bits per heavy atom. The Morgan fingerprint density at radius 2 is 1.83 bits per heavy atom. The van der Waals surface area contributed by atoms with E-state index >= 15 is 0 Å². The Morgan fingerprint density at radius 1 is 1.21 bits per heavy atom. The lowest BCUT2D eigenvalue weighted by Crippen LogP contribution is -2.41. The first-order valence-electron chi connectivity index (χ1n) is 7.08. The van der Waals surface area contributed by atoms with Crippen molar-refractivity contribution in [3.63, 3.8) is 0 Å². The summed E-state index contributed by atoms with van der Waals surface area (Å²) in [4.78, 5) is 24.2. The molecule has 0 fully saturated rings. The van der Waals surface area contributed by atoms with Crippen molar-refractivity contribution in [3.8, 4) is 0 Å². The summed E-state index contributed by atoms with van der Waals surface area (Å²) in [5.74, 6) is -1.61. The smallest absolute Gasteiger partial charge is 0.465 e. The predicted molar refractivity (Wildman–Crippen MR) is 84.7 cm³/mol. The first-order chi connectivity index (χ1) is 11.0. The molecule has 2 aromatic rings. The molecule has 0 aliphatic carbocycles. The van der Waals surface area contributed by atoms with Gasteiger partial charge in [0.2, 0.25) is 0 Å². The number of nitrogens with zero attached hydrogens (tertiary/aromatic N) is 1. The number of ether oxygens (including phenoxy) is 2. The zero-order valence-electron chi connectivity index (χ0n) is 13.7. The highest BCUT2D eigenvalue weighted by atomic mass is 19.1. The normalized spacial score (nSPS) is 11.5. The molecule has 9 heteroatoms. The number of hydrogen-bond acceptors (Lipinski definition) is 6. The third-order valence-corrected chi connectivity index (χ3v) is 3.16. The zero-order valence-corrected chi connectivity index (χ0v) is 13.7. The minimum absolute atomic E-state index is 0.0345. The van der Waals surface area contributed by atoms with E-state index in [1.807, 2.05) is 0 Å². The number of rotatable bonds is 2. The van der Waals surface area contributed by atoms with Gasteiger partial charge in [-0.15, -0.1) is 0 Å². The van der Waals surface area contributed by atoms with Crippen molar-refractivity contribution in [2.24, 2.45) is 0 Å². The van der Waals surface area contributed by atoms with Crippen molar-refractivity contribution in [2.75, 3.05) is 7.11 Å². The Balaban J connectivity index is 2.77. The number of fused-ring (bicyclic) bond motifs is 1. The standard InChI is InChI=1S/C15H17BFNO6/c1-15(2,3)24-14(20)18-11-6-8(17)5-10(13(19)23-4)9(11)7-12(18)16(21)22/h5-7,21-22H,1-4H3. The highest BCUT2D eigenvalue weighted by Crippen LogP contribution is 2.23. The molecule has 128 valence electrons. The topological polar surface area (TPSA) is 98.0 Å². The fourth-order valence-electron chi connectivity index (χ4n) is 2.27. The number of esters is 1. The summed E-state index contributed by atoms with van der Waals surface area (Å²) in [6.45, 7) is 4.89. The molecule has 2 rings (SSSR count). The van der Waals surface area contributed by atoms with Gasteiger partial charge in [-0.1, -0.05) is 0 Å². The van der Waals surface area contributed by atoms with E-state index in [1.165, 1.54) is 6.07 Å². The molecule has 0 aliphatic heterocycles. The molecule has 1 aromatic heterocycles. The van der Waals surface area contributed by atoms with Gasteiger partial charge >= 0.3 is 19.2 Å². The van der Waals surface area contributed by atoms with Crippen LogP contribution in [0.25, 0.3) is 10.9 Å². The molecule has 0 saturated carbocycles. The molecule has 0 unspecified atom stereocenters. The van der Waals surface area contributed by atoms with Crippen molar-refractivity contribution in [1.29, 1.82) is 0 Å². The van der Waals surface area contributed by atoms with Crippen molar-refractivity contribution in [2.45, 2.75) is 26.4 Å². The van der Waals surface area contributed by atoms with Gasteiger partial charge in [-0.25, -0.2) is 14.0 Å². The molecule has 0 aliphatic rings. The molecule has 1 aromatic carbocycles. The number of hydrogen-bond donors (Lipinski definition) is 2. The van der Waals surface area contributed by atoms with Crippen LogP contribution in [0.3, 0.4) is 0 Å². The van der Waals surface area contributed by atoms with Crippen LogP contribution in [0.4, 0.5) is 9.18 Å².